The van der Waals surface area contributed by atoms with Gasteiger partial charge in [0.15, 0.2) is 0 Å². The minimum absolute atomic E-state index is 0.284. The van der Waals surface area contributed by atoms with Crippen molar-refractivity contribution in [1.29, 1.82) is 0 Å². The summed E-state index contributed by atoms with van der Waals surface area (Å²) in [6.07, 6.45) is 5.59. The van der Waals surface area contributed by atoms with E-state index in [1.165, 1.54) is 6.07 Å². The third kappa shape index (κ3) is 3.14. The van der Waals surface area contributed by atoms with Crippen molar-refractivity contribution in [3.05, 3.63) is 40.8 Å². The molecule has 1 aromatic carbocycles. The van der Waals surface area contributed by atoms with Crippen molar-refractivity contribution < 1.29 is 13.9 Å². The molecular weight excluding hydrogens is 309 g/mol. The van der Waals surface area contributed by atoms with Crippen molar-refractivity contribution in [1.82, 2.24) is 15.1 Å². The number of rotatable bonds is 6. The predicted molar refractivity (Wildman–Crippen MR) is 89.2 cm³/mol. The molecule has 0 radical (unpaired) electrons. The molecule has 0 atom stereocenters. The predicted octanol–water partition coefficient (Wildman–Crippen LogP) is 2.01. The summed E-state index contributed by atoms with van der Waals surface area (Å²) in [6, 6.07) is 4.98. The van der Waals surface area contributed by atoms with Crippen LogP contribution < -0.4 is 10.1 Å². The van der Waals surface area contributed by atoms with Crippen LogP contribution in [0.2, 0.25) is 0 Å². The molecule has 1 aliphatic heterocycles. The second-order valence-corrected chi connectivity index (χ2v) is 5.76. The van der Waals surface area contributed by atoms with Gasteiger partial charge in [-0.2, -0.15) is 0 Å². The van der Waals surface area contributed by atoms with E-state index in [9.17, 15) is 4.39 Å². The van der Waals surface area contributed by atoms with Crippen LogP contribution in [0.25, 0.3) is 5.69 Å². The zero-order valence-corrected chi connectivity index (χ0v) is 13.8. The molecule has 3 rings (SSSR count). The van der Waals surface area contributed by atoms with Gasteiger partial charge < -0.3 is 14.8 Å². The number of methoxy groups -OCH3 is 1. The third-order valence-electron chi connectivity index (χ3n) is 4.16. The summed E-state index contributed by atoms with van der Waals surface area (Å²) in [4.78, 5) is 0. The van der Waals surface area contributed by atoms with Gasteiger partial charge in [-0.1, -0.05) is 5.92 Å². The molecule has 1 fully saturated rings. The molecule has 1 N–H and O–H groups in total. The van der Waals surface area contributed by atoms with E-state index in [2.05, 4.69) is 16.3 Å². The molecule has 0 bridgehead atoms. The number of hydrogen-bond donors (Lipinski definition) is 1. The fraction of sp³-hybridized carbons (Fsp3) is 0.389. The highest BCUT2D eigenvalue weighted by atomic mass is 19.1. The van der Waals surface area contributed by atoms with Gasteiger partial charge in [-0.05, 0) is 30.7 Å². The lowest BCUT2D eigenvalue weighted by molar-refractivity contribution is 0.143. The number of nitrogens with zero attached hydrogens (tertiary/aromatic N) is 2. The van der Waals surface area contributed by atoms with E-state index in [-0.39, 0.29) is 5.82 Å². The second-order valence-electron chi connectivity index (χ2n) is 5.76. The minimum Gasteiger partial charge on any atom is -0.473 e. The topological polar surface area (TPSA) is 48.3 Å². The van der Waals surface area contributed by atoms with Crippen LogP contribution in [0, 0.1) is 25.1 Å². The standard InChI is InChI=1S/C18H20FN3O2/c1-4-17-12(2)22(21-18(17)24-6-5-23-3)16-8-13(7-15(19)9-16)14-10-20-11-14/h1,7-9,14,20H,5-6,10-11H2,2-3H3. The first kappa shape index (κ1) is 16.5. The van der Waals surface area contributed by atoms with E-state index >= 15 is 0 Å². The van der Waals surface area contributed by atoms with Crippen molar-refractivity contribution in [2.45, 2.75) is 12.8 Å². The minimum atomic E-state index is -0.284. The molecular formula is C18H20FN3O2. The van der Waals surface area contributed by atoms with Crippen LogP contribution in [0.5, 0.6) is 5.88 Å². The zero-order chi connectivity index (χ0) is 17.1. The van der Waals surface area contributed by atoms with Crippen LogP contribution in [0.3, 0.4) is 0 Å². The van der Waals surface area contributed by atoms with Gasteiger partial charge in [-0.3, -0.25) is 0 Å². The lowest BCUT2D eigenvalue weighted by Gasteiger charge is -2.27. The molecule has 2 heterocycles. The molecule has 2 aromatic rings. The Morgan fingerprint density at radius 3 is 2.79 bits per heavy atom. The Morgan fingerprint density at radius 1 is 1.38 bits per heavy atom. The highest BCUT2D eigenvalue weighted by Gasteiger charge is 2.22. The van der Waals surface area contributed by atoms with E-state index in [0.29, 0.717) is 36.3 Å². The van der Waals surface area contributed by atoms with Crippen molar-refractivity contribution >= 4 is 0 Å². The lowest BCUT2D eigenvalue weighted by atomic mass is 9.93. The molecule has 0 amide bonds. The van der Waals surface area contributed by atoms with Crippen LogP contribution in [-0.4, -0.2) is 43.2 Å². The van der Waals surface area contributed by atoms with E-state index in [4.69, 9.17) is 15.9 Å². The number of halogens is 1. The van der Waals surface area contributed by atoms with Gasteiger partial charge in [-0.25, -0.2) is 9.07 Å². The zero-order valence-electron chi connectivity index (χ0n) is 13.8. The Bertz CT molecular complexity index is 775. The monoisotopic (exact) mass is 329 g/mol. The fourth-order valence-corrected chi connectivity index (χ4v) is 2.70. The average molecular weight is 329 g/mol. The van der Waals surface area contributed by atoms with Gasteiger partial charge in [0, 0.05) is 26.1 Å². The number of ether oxygens (including phenoxy) is 2. The van der Waals surface area contributed by atoms with Crippen molar-refractivity contribution in [2.24, 2.45) is 0 Å². The SMILES string of the molecule is C#Cc1c(OCCOC)nn(-c2cc(F)cc(C3CNC3)c2)c1C. The van der Waals surface area contributed by atoms with E-state index < -0.39 is 0 Å². The lowest BCUT2D eigenvalue weighted by Crippen LogP contribution is -2.39. The molecule has 6 heteroatoms. The summed E-state index contributed by atoms with van der Waals surface area (Å²) in [6.45, 7) is 4.36. The third-order valence-corrected chi connectivity index (χ3v) is 4.16. The smallest absolute Gasteiger partial charge is 0.249 e. The fourth-order valence-electron chi connectivity index (χ4n) is 2.70. The normalized spacial score (nSPS) is 14.2. The second kappa shape index (κ2) is 7.04. The maximum absolute atomic E-state index is 14.1. The van der Waals surface area contributed by atoms with Gasteiger partial charge in [0.05, 0.1) is 18.0 Å². The van der Waals surface area contributed by atoms with E-state index in [0.717, 1.165) is 24.3 Å². The molecule has 5 nitrogen and oxygen atoms in total. The Balaban J connectivity index is 1.97. The number of hydrogen-bond acceptors (Lipinski definition) is 4. The number of benzene rings is 1. The summed E-state index contributed by atoms with van der Waals surface area (Å²) in [5, 5.41) is 7.62. The Hall–Kier alpha value is -2.36. The Labute approximate surface area is 140 Å². The van der Waals surface area contributed by atoms with Gasteiger partial charge in [0.2, 0.25) is 5.88 Å². The molecule has 24 heavy (non-hydrogen) atoms. The molecule has 1 aliphatic rings. The summed E-state index contributed by atoms with van der Waals surface area (Å²) in [7, 11) is 1.60. The van der Waals surface area contributed by atoms with Crippen molar-refractivity contribution in [2.75, 3.05) is 33.4 Å². The molecule has 126 valence electrons. The largest absolute Gasteiger partial charge is 0.473 e. The van der Waals surface area contributed by atoms with Crippen LogP contribution in [0.15, 0.2) is 18.2 Å². The van der Waals surface area contributed by atoms with Crippen LogP contribution in [0.4, 0.5) is 4.39 Å². The highest BCUT2D eigenvalue weighted by Crippen LogP contribution is 2.27. The summed E-state index contributed by atoms with van der Waals surface area (Å²) in [5.41, 5.74) is 2.92. The van der Waals surface area contributed by atoms with Crippen LogP contribution >= 0.6 is 0 Å². The summed E-state index contributed by atoms with van der Waals surface area (Å²) >= 11 is 0. The van der Waals surface area contributed by atoms with Gasteiger partial charge in [-0.15, -0.1) is 11.5 Å². The van der Waals surface area contributed by atoms with E-state index in [1.807, 2.05) is 13.0 Å². The first-order valence-electron chi connectivity index (χ1n) is 7.83. The summed E-state index contributed by atoms with van der Waals surface area (Å²) in [5.74, 6) is 3.02. The average Bonchev–Trinajstić information content (AvgIpc) is 2.81. The molecule has 1 saturated heterocycles. The Morgan fingerprint density at radius 2 is 2.17 bits per heavy atom. The van der Waals surface area contributed by atoms with Crippen LogP contribution in [0.1, 0.15) is 22.7 Å². The van der Waals surface area contributed by atoms with Crippen molar-refractivity contribution in [3.63, 3.8) is 0 Å². The maximum atomic E-state index is 14.1. The quantitative estimate of drug-likeness (QED) is 0.651. The number of nitrogens with one attached hydrogen (secondary N) is 1. The maximum Gasteiger partial charge on any atom is 0.249 e. The number of terminal acetylenes is 1. The summed E-state index contributed by atoms with van der Waals surface area (Å²) < 4.78 is 26.2. The van der Waals surface area contributed by atoms with Gasteiger partial charge in [0.1, 0.15) is 18.0 Å². The first-order chi connectivity index (χ1) is 11.6. The molecule has 0 spiro atoms. The number of aromatic nitrogens is 2. The molecule has 0 aliphatic carbocycles. The van der Waals surface area contributed by atoms with Crippen molar-refractivity contribution in [3.8, 4) is 23.9 Å². The van der Waals surface area contributed by atoms with Gasteiger partial charge in [0.25, 0.3) is 0 Å². The van der Waals surface area contributed by atoms with Crippen LogP contribution in [-0.2, 0) is 4.74 Å². The first-order valence-corrected chi connectivity index (χ1v) is 7.83. The molecule has 0 unspecified atom stereocenters. The van der Waals surface area contributed by atoms with Gasteiger partial charge >= 0.3 is 0 Å². The Kier molecular flexibility index (Phi) is 4.84. The molecule has 0 saturated carbocycles. The highest BCUT2D eigenvalue weighted by molar-refractivity contribution is 5.49. The van der Waals surface area contributed by atoms with E-state index in [1.54, 1.807) is 17.9 Å². The molecule has 1 aromatic heterocycles.